The van der Waals surface area contributed by atoms with E-state index in [1.165, 1.54) is 32.1 Å². The number of carbonyl (C=O) groups excluding carboxylic acids is 2. The van der Waals surface area contributed by atoms with Crippen molar-refractivity contribution in [1.29, 1.82) is 0 Å². The van der Waals surface area contributed by atoms with Gasteiger partial charge in [-0.25, -0.2) is 0 Å². The van der Waals surface area contributed by atoms with Gasteiger partial charge in [-0.3, -0.25) is 14.4 Å². The van der Waals surface area contributed by atoms with Crippen molar-refractivity contribution in [3.63, 3.8) is 0 Å². The van der Waals surface area contributed by atoms with Crippen LogP contribution in [0.1, 0.15) is 104 Å². The van der Waals surface area contributed by atoms with Gasteiger partial charge in [0.15, 0.2) is 0 Å². The van der Waals surface area contributed by atoms with E-state index in [0.717, 1.165) is 45.1 Å². The van der Waals surface area contributed by atoms with E-state index in [2.05, 4.69) is 12.2 Å². The third-order valence-electron chi connectivity index (χ3n) is 3.98. The highest BCUT2D eigenvalue weighted by atomic mass is 16.4. The number of nitrogens with two attached hydrogens (primary N) is 1. The maximum Gasteiger partial charge on any atom is 0.303 e. The smallest absolute Gasteiger partial charge is 0.303 e. The first kappa shape index (κ1) is 26.6. The van der Waals surface area contributed by atoms with Crippen molar-refractivity contribution in [3.05, 3.63) is 0 Å². The van der Waals surface area contributed by atoms with Gasteiger partial charge in [0.25, 0.3) is 0 Å². The fourth-order valence-corrected chi connectivity index (χ4v) is 2.32. The van der Waals surface area contributed by atoms with E-state index in [0.29, 0.717) is 12.8 Å². The molecule has 0 spiro atoms. The molecule has 0 aromatic rings. The second kappa shape index (κ2) is 21.5. The van der Waals surface area contributed by atoms with Crippen molar-refractivity contribution in [1.82, 2.24) is 5.32 Å². The summed E-state index contributed by atoms with van der Waals surface area (Å²) >= 11 is 0. The Morgan fingerprint density at radius 3 is 1.58 bits per heavy atom. The molecule has 6 heteroatoms. The summed E-state index contributed by atoms with van der Waals surface area (Å²) in [6, 6.07) is 0. The summed E-state index contributed by atoms with van der Waals surface area (Å²) in [6.07, 6.45) is 14.0. The molecule has 0 aromatic carbocycles. The number of aliphatic carboxylic acids is 1. The lowest BCUT2D eigenvalue weighted by atomic mass is 10.1. The third kappa shape index (κ3) is 27.3. The molecule has 26 heavy (non-hydrogen) atoms. The van der Waals surface area contributed by atoms with E-state index in [1.807, 2.05) is 0 Å². The van der Waals surface area contributed by atoms with Gasteiger partial charge in [0.05, 0.1) is 0 Å². The van der Waals surface area contributed by atoms with Gasteiger partial charge < -0.3 is 16.2 Å². The van der Waals surface area contributed by atoms with Crippen LogP contribution in [-0.4, -0.2) is 29.4 Å². The van der Waals surface area contributed by atoms with Crippen LogP contribution in [0, 0.1) is 0 Å². The van der Waals surface area contributed by atoms with Gasteiger partial charge in [-0.05, 0) is 19.3 Å². The fourth-order valence-electron chi connectivity index (χ4n) is 2.32. The first-order valence-corrected chi connectivity index (χ1v) is 10.2. The van der Waals surface area contributed by atoms with Crippen molar-refractivity contribution < 1.29 is 19.5 Å². The van der Waals surface area contributed by atoms with Crippen molar-refractivity contribution in [2.75, 3.05) is 6.54 Å². The van der Waals surface area contributed by atoms with Crippen LogP contribution < -0.4 is 11.1 Å². The minimum absolute atomic E-state index is 0.186. The number of unbranched alkanes of at least 4 members (excludes halogenated alkanes) is 9. The fraction of sp³-hybridized carbons (Fsp3) is 0.850. The molecule has 6 nitrogen and oxygen atoms in total. The summed E-state index contributed by atoms with van der Waals surface area (Å²) in [4.78, 5) is 31.4. The standard InChI is InChI=1S/C17H34N2O2.C3H6O2/c1-2-3-15-19-17(21)14-12-10-8-6-4-5-7-9-11-13-16(18)20;1-2-3(4)5/h2-15H2,1H3,(H2,18,20)(H,19,21);2H2,1H3,(H,4,5). The Kier molecular flexibility index (Phi) is 22.0. The molecule has 0 bridgehead atoms. The van der Waals surface area contributed by atoms with E-state index in [9.17, 15) is 14.4 Å². The molecule has 4 N–H and O–H groups in total. The van der Waals surface area contributed by atoms with Crippen LogP contribution in [0.5, 0.6) is 0 Å². The molecule has 0 heterocycles. The number of nitrogens with one attached hydrogen (secondary N) is 1. The SMILES string of the molecule is CCC(=O)O.CCCCNC(=O)CCCCCCCCCCCC(N)=O. The lowest BCUT2D eigenvalue weighted by Crippen LogP contribution is -2.23. The lowest BCUT2D eigenvalue weighted by molar-refractivity contribution is -0.136. The van der Waals surface area contributed by atoms with Crippen LogP contribution in [0.2, 0.25) is 0 Å². The summed E-state index contributed by atoms with van der Waals surface area (Å²) in [5.74, 6) is -0.725. The highest BCUT2D eigenvalue weighted by Gasteiger charge is 2.00. The van der Waals surface area contributed by atoms with Crippen molar-refractivity contribution in [3.8, 4) is 0 Å². The summed E-state index contributed by atoms with van der Waals surface area (Å²) in [5.41, 5.74) is 5.09. The first-order valence-electron chi connectivity index (χ1n) is 10.2. The van der Waals surface area contributed by atoms with Gasteiger partial charge in [-0.15, -0.1) is 0 Å². The number of carbonyl (C=O) groups is 3. The van der Waals surface area contributed by atoms with Gasteiger partial charge in [0.1, 0.15) is 0 Å². The van der Waals surface area contributed by atoms with Crippen molar-refractivity contribution >= 4 is 17.8 Å². The largest absolute Gasteiger partial charge is 0.481 e. The number of hydrogen-bond donors (Lipinski definition) is 3. The molecule has 2 amide bonds. The molecule has 0 rings (SSSR count). The molecule has 0 aliphatic rings. The molecule has 0 aliphatic heterocycles. The Labute approximate surface area is 159 Å². The molecule has 0 saturated heterocycles. The third-order valence-corrected chi connectivity index (χ3v) is 3.98. The number of carboxylic acid groups (broad SMARTS) is 1. The number of hydrogen-bond acceptors (Lipinski definition) is 3. The normalized spacial score (nSPS) is 9.92. The second-order valence-corrected chi connectivity index (χ2v) is 6.60. The first-order chi connectivity index (χ1) is 12.4. The summed E-state index contributed by atoms with van der Waals surface area (Å²) < 4.78 is 0. The van der Waals surface area contributed by atoms with Gasteiger partial charge in [0.2, 0.25) is 11.8 Å². The van der Waals surface area contributed by atoms with Crippen LogP contribution in [0.25, 0.3) is 0 Å². The number of rotatable bonds is 16. The van der Waals surface area contributed by atoms with Gasteiger partial charge in [-0.2, -0.15) is 0 Å². The highest BCUT2D eigenvalue weighted by molar-refractivity contribution is 5.75. The Hall–Kier alpha value is -1.59. The number of amides is 2. The van der Waals surface area contributed by atoms with Crippen LogP contribution in [0.15, 0.2) is 0 Å². The minimum Gasteiger partial charge on any atom is -0.481 e. The monoisotopic (exact) mass is 372 g/mol. The Morgan fingerprint density at radius 2 is 1.19 bits per heavy atom. The van der Waals surface area contributed by atoms with Gasteiger partial charge in [-0.1, -0.05) is 65.2 Å². The zero-order valence-electron chi connectivity index (χ0n) is 16.9. The maximum absolute atomic E-state index is 11.5. The van der Waals surface area contributed by atoms with E-state index in [4.69, 9.17) is 10.8 Å². The molecule has 154 valence electrons. The average molecular weight is 373 g/mol. The van der Waals surface area contributed by atoms with E-state index >= 15 is 0 Å². The van der Waals surface area contributed by atoms with Crippen LogP contribution >= 0.6 is 0 Å². The summed E-state index contributed by atoms with van der Waals surface area (Å²) in [6.45, 7) is 4.55. The molecule has 0 atom stereocenters. The molecule has 0 unspecified atom stereocenters. The Bertz CT molecular complexity index is 360. The van der Waals surface area contributed by atoms with E-state index in [-0.39, 0.29) is 18.2 Å². The zero-order chi connectivity index (χ0) is 20.0. The molecule has 0 aromatic heterocycles. The molecule has 0 radical (unpaired) electrons. The number of primary amides is 1. The Morgan fingerprint density at radius 1 is 0.769 bits per heavy atom. The Balaban J connectivity index is 0. The second-order valence-electron chi connectivity index (χ2n) is 6.60. The zero-order valence-corrected chi connectivity index (χ0v) is 16.9. The van der Waals surface area contributed by atoms with Gasteiger partial charge in [0, 0.05) is 25.8 Å². The predicted octanol–water partition coefficient (Wildman–Crippen LogP) is 4.16. The maximum atomic E-state index is 11.5. The topological polar surface area (TPSA) is 109 Å². The predicted molar refractivity (Wildman–Crippen MR) is 106 cm³/mol. The van der Waals surface area contributed by atoms with Crippen LogP contribution in [0.3, 0.4) is 0 Å². The van der Waals surface area contributed by atoms with Crippen molar-refractivity contribution in [2.24, 2.45) is 5.73 Å². The van der Waals surface area contributed by atoms with E-state index < -0.39 is 5.97 Å². The molecule has 0 aliphatic carbocycles. The number of carboxylic acids is 1. The summed E-state index contributed by atoms with van der Waals surface area (Å²) in [7, 11) is 0. The molecular weight excluding hydrogens is 332 g/mol. The average Bonchev–Trinajstić information content (AvgIpc) is 2.60. The summed E-state index contributed by atoms with van der Waals surface area (Å²) in [5, 5.41) is 10.7. The van der Waals surface area contributed by atoms with Crippen LogP contribution in [0.4, 0.5) is 0 Å². The van der Waals surface area contributed by atoms with Crippen molar-refractivity contribution in [2.45, 2.75) is 104 Å². The quantitative estimate of drug-likeness (QED) is 0.353. The minimum atomic E-state index is -0.745. The molecule has 0 saturated carbocycles. The highest BCUT2D eigenvalue weighted by Crippen LogP contribution is 2.11. The van der Waals surface area contributed by atoms with Crippen LogP contribution in [-0.2, 0) is 14.4 Å². The van der Waals surface area contributed by atoms with E-state index in [1.54, 1.807) is 6.92 Å². The van der Waals surface area contributed by atoms with Gasteiger partial charge >= 0.3 is 5.97 Å². The molecule has 0 fully saturated rings. The lowest BCUT2D eigenvalue weighted by Gasteiger charge is -2.04. The molecular formula is C20H40N2O4.